The molecule has 0 atom stereocenters. The third kappa shape index (κ3) is 3.12. The second kappa shape index (κ2) is 6.03. The highest BCUT2D eigenvalue weighted by molar-refractivity contribution is 5.76. The lowest BCUT2D eigenvalue weighted by atomic mass is 10.4. The highest BCUT2D eigenvalue weighted by atomic mass is 16.1. The quantitative estimate of drug-likeness (QED) is 0.714. The number of imidazole rings is 1. The highest BCUT2D eigenvalue weighted by Crippen LogP contribution is 2.15. The molecule has 0 saturated heterocycles. The molecular weight excluding hydrogens is 244 g/mol. The van der Waals surface area contributed by atoms with Gasteiger partial charge in [0.1, 0.15) is 5.82 Å². The van der Waals surface area contributed by atoms with Gasteiger partial charge in [0, 0.05) is 39.0 Å². The topological polar surface area (TPSA) is 83.3 Å². The molecule has 0 bridgehead atoms. The van der Waals surface area contributed by atoms with E-state index in [1.54, 1.807) is 6.20 Å². The van der Waals surface area contributed by atoms with Crippen LogP contribution in [0.3, 0.4) is 0 Å². The molecule has 0 saturated carbocycles. The zero-order valence-electron chi connectivity index (χ0n) is 11.1. The number of hydrogen-bond donors (Lipinski definition) is 3. The molecule has 0 aliphatic rings. The summed E-state index contributed by atoms with van der Waals surface area (Å²) in [6.45, 7) is 3.07. The standard InChI is InChI=1S/C12H18N6O/c1-3-14-10(19)4-5-15-11-12-16-6-7-18(12)8-9(13-2)17-11/h6-8,13H,3-5H2,1-2H3,(H,14,19)(H,15,17). The molecule has 0 fully saturated rings. The second-order valence-electron chi connectivity index (χ2n) is 4.01. The van der Waals surface area contributed by atoms with E-state index in [0.29, 0.717) is 25.3 Å². The van der Waals surface area contributed by atoms with Gasteiger partial charge in [0.15, 0.2) is 11.5 Å². The van der Waals surface area contributed by atoms with Gasteiger partial charge in [-0.05, 0) is 6.92 Å². The molecule has 2 heterocycles. The van der Waals surface area contributed by atoms with Crippen molar-refractivity contribution < 1.29 is 4.79 Å². The number of rotatable bonds is 6. The van der Waals surface area contributed by atoms with Crippen molar-refractivity contribution in [3.8, 4) is 0 Å². The molecule has 3 N–H and O–H groups in total. The summed E-state index contributed by atoms with van der Waals surface area (Å²) in [5, 5.41) is 8.89. The molecule has 0 unspecified atom stereocenters. The van der Waals surface area contributed by atoms with E-state index in [2.05, 4.69) is 25.9 Å². The van der Waals surface area contributed by atoms with E-state index < -0.39 is 0 Å². The van der Waals surface area contributed by atoms with Crippen molar-refractivity contribution in [3.63, 3.8) is 0 Å². The lowest BCUT2D eigenvalue weighted by Gasteiger charge is -2.09. The van der Waals surface area contributed by atoms with Gasteiger partial charge in [0.2, 0.25) is 5.91 Å². The summed E-state index contributed by atoms with van der Waals surface area (Å²) in [7, 11) is 1.81. The number of aromatic nitrogens is 3. The van der Waals surface area contributed by atoms with Gasteiger partial charge in [-0.1, -0.05) is 0 Å². The van der Waals surface area contributed by atoms with Crippen molar-refractivity contribution in [2.75, 3.05) is 30.8 Å². The monoisotopic (exact) mass is 262 g/mol. The molecule has 2 aromatic rings. The fourth-order valence-electron chi connectivity index (χ4n) is 1.75. The summed E-state index contributed by atoms with van der Waals surface area (Å²) in [5.74, 6) is 1.44. The van der Waals surface area contributed by atoms with Gasteiger partial charge in [-0.25, -0.2) is 9.97 Å². The number of fused-ring (bicyclic) bond motifs is 1. The molecule has 102 valence electrons. The fraction of sp³-hybridized carbons (Fsp3) is 0.417. The summed E-state index contributed by atoms with van der Waals surface area (Å²) in [6, 6.07) is 0. The Morgan fingerprint density at radius 3 is 3.05 bits per heavy atom. The Morgan fingerprint density at radius 2 is 2.32 bits per heavy atom. The van der Waals surface area contributed by atoms with Gasteiger partial charge in [-0.2, -0.15) is 0 Å². The maximum atomic E-state index is 11.4. The van der Waals surface area contributed by atoms with Crippen molar-refractivity contribution in [2.24, 2.45) is 0 Å². The summed E-state index contributed by atoms with van der Waals surface area (Å²) in [4.78, 5) is 20.0. The minimum atomic E-state index is 0.0270. The summed E-state index contributed by atoms with van der Waals surface area (Å²) in [6.07, 6.45) is 5.84. The molecule has 0 aliphatic carbocycles. The Labute approximate surface area is 111 Å². The average Bonchev–Trinajstić information content (AvgIpc) is 2.87. The lowest BCUT2D eigenvalue weighted by Crippen LogP contribution is -2.25. The normalized spacial score (nSPS) is 10.4. The van der Waals surface area contributed by atoms with Crippen molar-refractivity contribution >= 4 is 23.2 Å². The summed E-state index contributed by atoms with van der Waals surface area (Å²) in [5.41, 5.74) is 0.745. The van der Waals surface area contributed by atoms with Gasteiger partial charge >= 0.3 is 0 Å². The van der Waals surface area contributed by atoms with Crippen LogP contribution in [0.15, 0.2) is 18.6 Å². The van der Waals surface area contributed by atoms with Gasteiger partial charge < -0.3 is 20.4 Å². The van der Waals surface area contributed by atoms with Crippen LogP contribution in [0.2, 0.25) is 0 Å². The van der Waals surface area contributed by atoms with E-state index in [1.165, 1.54) is 0 Å². The van der Waals surface area contributed by atoms with Gasteiger partial charge in [-0.15, -0.1) is 0 Å². The van der Waals surface area contributed by atoms with Crippen LogP contribution in [0.5, 0.6) is 0 Å². The minimum Gasteiger partial charge on any atom is -0.372 e. The van der Waals surface area contributed by atoms with E-state index >= 15 is 0 Å². The van der Waals surface area contributed by atoms with Crippen LogP contribution in [0.1, 0.15) is 13.3 Å². The third-order valence-electron chi connectivity index (χ3n) is 2.65. The zero-order chi connectivity index (χ0) is 13.7. The molecular formula is C12H18N6O. The number of carbonyl (C=O) groups is 1. The van der Waals surface area contributed by atoms with E-state index in [-0.39, 0.29) is 5.91 Å². The average molecular weight is 262 g/mol. The van der Waals surface area contributed by atoms with E-state index in [4.69, 9.17) is 0 Å². The van der Waals surface area contributed by atoms with Gasteiger partial charge in [0.25, 0.3) is 0 Å². The fourth-order valence-corrected chi connectivity index (χ4v) is 1.75. The minimum absolute atomic E-state index is 0.0270. The number of amides is 1. The van der Waals surface area contributed by atoms with Crippen LogP contribution in [-0.4, -0.2) is 40.4 Å². The Morgan fingerprint density at radius 1 is 1.47 bits per heavy atom. The summed E-state index contributed by atoms with van der Waals surface area (Å²) < 4.78 is 1.88. The molecule has 0 aliphatic heterocycles. The molecule has 0 radical (unpaired) electrons. The Bertz CT molecular complexity index is 564. The van der Waals surface area contributed by atoms with E-state index in [9.17, 15) is 4.79 Å². The first-order chi connectivity index (χ1) is 9.24. The Balaban J connectivity index is 2.07. The van der Waals surface area contributed by atoms with Crippen molar-refractivity contribution in [1.29, 1.82) is 0 Å². The second-order valence-corrected chi connectivity index (χ2v) is 4.01. The van der Waals surface area contributed by atoms with E-state index in [0.717, 1.165) is 11.5 Å². The van der Waals surface area contributed by atoms with Crippen molar-refractivity contribution in [1.82, 2.24) is 19.7 Å². The van der Waals surface area contributed by atoms with Gasteiger partial charge in [0.05, 0.1) is 6.20 Å². The first-order valence-electron chi connectivity index (χ1n) is 6.26. The number of carbonyl (C=O) groups excluding carboxylic acids is 1. The number of anilines is 2. The number of nitrogens with one attached hydrogen (secondary N) is 3. The summed E-state index contributed by atoms with van der Waals surface area (Å²) >= 11 is 0. The molecule has 2 aromatic heterocycles. The Hall–Kier alpha value is -2.31. The first kappa shape index (κ1) is 13.1. The predicted molar refractivity (Wildman–Crippen MR) is 74.3 cm³/mol. The highest BCUT2D eigenvalue weighted by Gasteiger charge is 2.07. The molecule has 0 spiro atoms. The molecule has 2 rings (SSSR count). The van der Waals surface area contributed by atoms with Crippen molar-refractivity contribution in [3.05, 3.63) is 18.6 Å². The maximum absolute atomic E-state index is 11.4. The lowest BCUT2D eigenvalue weighted by molar-refractivity contribution is -0.120. The van der Waals surface area contributed by atoms with Crippen LogP contribution >= 0.6 is 0 Å². The van der Waals surface area contributed by atoms with Crippen LogP contribution in [-0.2, 0) is 4.79 Å². The van der Waals surface area contributed by atoms with Gasteiger partial charge in [-0.3, -0.25) is 4.79 Å². The SMILES string of the molecule is CCNC(=O)CCNc1nc(NC)cn2ccnc12. The van der Waals surface area contributed by atoms with Crippen molar-refractivity contribution in [2.45, 2.75) is 13.3 Å². The largest absolute Gasteiger partial charge is 0.372 e. The predicted octanol–water partition coefficient (Wildman–Crippen LogP) is 0.709. The molecule has 0 aromatic carbocycles. The van der Waals surface area contributed by atoms with Crippen LogP contribution in [0.4, 0.5) is 11.6 Å². The van der Waals surface area contributed by atoms with Crippen LogP contribution in [0, 0.1) is 0 Å². The first-order valence-corrected chi connectivity index (χ1v) is 6.26. The van der Waals surface area contributed by atoms with Crippen LogP contribution < -0.4 is 16.0 Å². The molecule has 19 heavy (non-hydrogen) atoms. The third-order valence-corrected chi connectivity index (χ3v) is 2.65. The maximum Gasteiger partial charge on any atom is 0.221 e. The Kier molecular flexibility index (Phi) is 4.17. The smallest absolute Gasteiger partial charge is 0.221 e. The van der Waals surface area contributed by atoms with E-state index in [1.807, 2.05) is 30.8 Å². The number of nitrogens with zero attached hydrogens (tertiary/aromatic N) is 3. The number of hydrogen-bond acceptors (Lipinski definition) is 5. The molecule has 7 heteroatoms. The molecule has 1 amide bonds. The zero-order valence-corrected chi connectivity index (χ0v) is 11.1. The van der Waals surface area contributed by atoms with Crippen LogP contribution in [0.25, 0.3) is 5.65 Å². The molecule has 7 nitrogen and oxygen atoms in total.